The van der Waals surface area contributed by atoms with Crippen molar-refractivity contribution in [2.75, 3.05) is 13.9 Å². The number of allylic oxidation sites excluding steroid dienone is 3. The van der Waals surface area contributed by atoms with Gasteiger partial charge in [0.05, 0.1) is 5.41 Å². The summed E-state index contributed by atoms with van der Waals surface area (Å²) < 4.78 is 60.1. The zero-order chi connectivity index (χ0) is 29.6. The molecule has 4 aliphatic carbocycles. The number of hydrogen-bond acceptors (Lipinski definition) is 8. The molecular weight excluding hydrogens is 533 g/mol. The lowest BCUT2D eigenvalue weighted by Gasteiger charge is -2.57. The Kier molecular flexibility index (Phi) is 8.40. The molecule has 0 saturated heterocycles. The summed E-state index contributed by atoms with van der Waals surface area (Å²) in [6.45, 7) is 7.21. The topological polar surface area (TPSA) is 105 Å². The number of carbonyl (C=O) groups excluding carboxylic acids is 4. The molecule has 222 valence electrons. The summed E-state index contributed by atoms with van der Waals surface area (Å²) in [6, 6.07) is 0. The SMILES string of the molecule is CCC(=O)OC(OCOC)C(=O)[C@H]1[C@@H](C)C[C@H]2[C@@H]3CCC4=CC(=O)C=C(OC(=O)C(F)(F)F)[C@]4(C)[C@H]3CC[C@@]21C. The normalized spacial score (nSPS) is 35.9. The van der Waals surface area contributed by atoms with Crippen molar-refractivity contribution in [3.05, 3.63) is 23.5 Å². The van der Waals surface area contributed by atoms with E-state index in [-0.39, 0.29) is 48.4 Å². The highest BCUT2D eigenvalue weighted by Gasteiger charge is 2.64. The summed E-state index contributed by atoms with van der Waals surface area (Å²) in [5.74, 6) is -4.66. The van der Waals surface area contributed by atoms with Gasteiger partial charge in [0.15, 0.2) is 12.6 Å². The largest absolute Gasteiger partial charge is 0.491 e. The van der Waals surface area contributed by atoms with Crippen molar-refractivity contribution in [2.45, 2.75) is 78.7 Å². The average molecular weight is 571 g/mol. The lowest BCUT2D eigenvalue weighted by molar-refractivity contribution is -0.206. The zero-order valence-corrected chi connectivity index (χ0v) is 23.5. The van der Waals surface area contributed by atoms with Gasteiger partial charge >= 0.3 is 18.1 Å². The Balaban J connectivity index is 1.64. The fraction of sp³-hybridized carbons (Fsp3) is 0.724. The number of Topliss-reactive ketones (excluding diaryl/α,β-unsaturated/α-hetero) is 1. The second kappa shape index (κ2) is 11.0. The molecule has 3 fully saturated rings. The van der Waals surface area contributed by atoms with Gasteiger partial charge in [0.1, 0.15) is 5.76 Å². The van der Waals surface area contributed by atoms with Gasteiger partial charge in [-0.25, -0.2) is 4.79 Å². The predicted molar refractivity (Wildman–Crippen MR) is 134 cm³/mol. The second-order valence-electron chi connectivity index (χ2n) is 12.0. The van der Waals surface area contributed by atoms with Crippen molar-refractivity contribution in [3.8, 4) is 0 Å². The van der Waals surface area contributed by atoms with Gasteiger partial charge in [0.2, 0.25) is 5.78 Å². The molecule has 0 N–H and O–H groups in total. The third kappa shape index (κ3) is 5.15. The van der Waals surface area contributed by atoms with Crippen molar-refractivity contribution < 1.29 is 51.3 Å². The highest BCUT2D eigenvalue weighted by atomic mass is 19.4. The number of halogens is 3. The number of fused-ring (bicyclic) bond motifs is 5. The van der Waals surface area contributed by atoms with E-state index in [2.05, 4.69) is 6.92 Å². The van der Waals surface area contributed by atoms with Crippen molar-refractivity contribution in [3.63, 3.8) is 0 Å². The highest BCUT2D eigenvalue weighted by Crippen LogP contribution is 2.68. The van der Waals surface area contributed by atoms with E-state index in [4.69, 9.17) is 18.9 Å². The molecule has 0 heterocycles. The number of alkyl halides is 3. The number of hydrogen-bond donors (Lipinski definition) is 0. The molecule has 8 atom stereocenters. The first-order chi connectivity index (χ1) is 18.7. The van der Waals surface area contributed by atoms with Gasteiger partial charge in [-0.1, -0.05) is 26.3 Å². The molecule has 4 aliphatic rings. The molecule has 11 heteroatoms. The minimum absolute atomic E-state index is 0.0128. The summed E-state index contributed by atoms with van der Waals surface area (Å²) in [7, 11) is 1.40. The van der Waals surface area contributed by atoms with Crippen LogP contribution in [0.2, 0.25) is 0 Å². The first-order valence-corrected chi connectivity index (χ1v) is 13.8. The Morgan fingerprint density at radius 2 is 1.82 bits per heavy atom. The third-order valence-corrected chi connectivity index (χ3v) is 9.87. The van der Waals surface area contributed by atoms with E-state index in [0.717, 1.165) is 6.08 Å². The molecule has 3 saturated carbocycles. The Labute approximate surface area is 231 Å². The maximum atomic E-state index is 13.9. The minimum atomic E-state index is -5.20. The Bertz CT molecular complexity index is 1130. The van der Waals surface area contributed by atoms with Crippen LogP contribution in [0.4, 0.5) is 13.2 Å². The molecule has 0 aromatic rings. The number of ether oxygens (including phenoxy) is 4. The van der Waals surface area contributed by atoms with E-state index in [1.165, 1.54) is 13.2 Å². The van der Waals surface area contributed by atoms with Gasteiger partial charge in [-0.2, -0.15) is 13.2 Å². The molecule has 0 aliphatic heterocycles. The van der Waals surface area contributed by atoms with E-state index >= 15 is 0 Å². The standard InChI is InChI=1S/C29H37F3O8/c1-6-22(34)40-25(38-14-37-5)24(35)23-15(2)11-20-18-8-7-16-12-17(33)13-21(39-26(36)29(30,31)32)28(16,4)19(18)9-10-27(20,23)3/h12-13,15,18-20,23,25H,6-11,14H2,1-5H3/t15-,18+,19-,20-,23+,25?,27-,28-/m0/s1. The molecule has 0 aromatic heterocycles. The van der Waals surface area contributed by atoms with Gasteiger partial charge in [-0.3, -0.25) is 14.4 Å². The molecule has 0 aromatic carbocycles. The summed E-state index contributed by atoms with van der Waals surface area (Å²) in [6.07, 6.45) is -1.06. The quantitative estimate of drug-likeness (QED) is 0.295. The molecular formula is C29H37F3O8. The van der Waals surface area contributed by atoms with Crippen LogP contribution in [0.3, 0.4) is 0 Å². The molecule has 4 rings (SSSR count). The van der Waals surface area contributed by atoms with E-state index in [1.807, 2.05) is 6.92 Å². The van der Waals surface area contributed by atoms with Crippen LogP contribution in [0.15, 0.2) is 23.5 Å². The fourth-order valence-corrected chi connectivity index (χ4v) is 8.20. The van der Waals surface area contributed by atoms with Gasteiger partial charge in [-0.15, -0.1) is 0 Å². The second-order valence-corrected chi connectivity index (χ2v) is 12.0. The summed E-state index contributed by atoms with van der Waals surface area (Å²) in [4.78, 5) is 50.1. The third-order valence-electron chi connectivity index (χ3n) is 9.87. The fourth-order valence-electron chi connectivity index (χ4n) is 8.20. The van der Waals surface area contributed by atoms with Gasteiger partial charge in [0.25, 0.3) is 6.29 Å². The van der Waals surface area contributed by atoms with Crippen molar-refractivity contribution in [2.24, 2.45) is 40.4 Å². The molecule has 0 spiro atoms. The van der Waals surface area contributed by atoms with Crippen LogP contribution in [0.1, 0.15) is 66.2 Å². The zero-order valence-electron chi connectivity index (χ0n) is 23.5. The molecule has 40 heavy (non-hydrogen) atoms. The number of ketones is 2. The van der Waals surface area contributed by atoms with Crippen LogP contribution in [0.25, 0.3) is 0 Å². The van der Waals surface area contributed by atoms with Crippen LogP contribution in [0.5, 0.6) is 0 Å². The lowest BCUT2D eigenvalue weighted by atomic mass is 9.47. The monoisotopic (exact) mass is 570 g/mol. The summed E-state index contributed by atoms with van der Waals surface area (Å²) >= 11 is 0. The van der Waals surface area contributed by atoms with Gasteiger partial charge in [0, 0.05) is 25.5 Å². The number of esters is 2. The van der Waals surface area contributed by atoms with Gasteiger partial charge in [-0.05, 0) is 74.2 Å². The van der Waals surface area contributed by atoms with Crippen LogP contribution in [0, 0.1) is 40.4 Å². The number of carbonyl (C=O) groups is 4. The highest BCUT2D eigenvalue weighted by molar-refractivity contribution is 6.02. The van der Waals surface area contributed by atoms with E-state index in [9.17, 15) is 32.3 Å². The van der Waals surface area contributed by atoms with E-state index in [0.29, 0.717) is 37.7 Å². The molecule has 0 radical (unpaired) electrons. The first-order valence-electron chi connectivity index (χ1n) is 13.8. The average Bonchev–Trinajstić information content (AvgIpc) is 3.15. The molecule has 0 bridgehead atoms. The van der Waals surface area contributed by atoms with Crippen molar-refractivity contribution >= 4 is 23.5 Å². The Hall–Kier alpha value is -2.53. The molecule has 1 unspecified atom stereocenters. The van der Waals surface area contributed by atoms with Gasteiger partial charge < -0.3 is 18.9 Å². The molecule has 8 nitrogen and oxygen atoms in total. The lowest BCUT2D eigenvalue weighted by Crippen LogP contribution is -2.53. The van der Waals surface area contributed by atoms with Crippen molar-refractivity contribution in [1.29, 1.82) is 0 Å². The van der Waals surface area contributed by atoms with E-state index in [1.54, 1.807) is 13.8 Å². The van der Waals surface area contributed by atoms with Crippen molar-refractivity contribution in [1.82, 2.24) is 0 Å². The van der Waals surface area contributed by atoms with E-state index < -0.39 is 46.9 Å². The van der Waals surface area contributed by atoms with Crippen LogP contribution in [-0.4, -0.2) is 49.9 Å². The Morgan fingerprint density at radius 1 is 1.12 bits per heavy atom. The summed E-state index contributed by atoms with van der Waals surface area (Å²) in [5, 5.41) is 0. The molecule has 0 amide bonds. The van der Waals surface area contributed by atoms with Crippen LogP contribution in [-0.2, 0) is 38.1 Å². The number of methoxy groups -OCH3 is 1. The predicted octanol–water partition coefficient (Wildman–Crippen LogP) is 5.06. The summed E-state index contributed by atoms with van der Waals surface area (Å²) in [5.41, 5.74) is -0.849. The Morgan fingerprint density at radius 3 is 2.45 bits per heavy atom. The first kappa shape index (κ1) is 30.4. The minimum Gasteiger partial charge on any atom is -0.428 e. The number of rotatable bonds is 8. The van der Waals surface area contributed by atoms with Crippen LogP contribution >= 0.6 is 0 Å². The van der Waals surface area contributed by atoms with Crippen LogP contribution < -0.4 is 0 Å². The smallest absolute Gasteiger partial charge is 0.428 e. The maximum absolute atomic E-state index is 13.9. The maximum Gasteiger partial charge on any atom is 0.491 e.